The zero-order valence-corrected chi connectivity index (χ0v) is 47.6. The van der Waals surface area contributed by atoms with Gasteiger partial charge in [-0.05, 0) is 77.0 Å². The Labute approximate surface area is 441 Å². The SMILES string of the molecule is CCCCC/C=C\C/C=C\CCCCCCCCCC(=O)OC(COC(=O)CCCCCCCCCCCCCCC)COP(=O)(O)OCC(CO)OC(=O)CCCCCCC/C=C\CCCCCCCC. The molecule has 3 atom stereocenters. The normalized spacial score (nSPS) is 13.6. The minimum absolute atomic E-state index is 0.162. The molecule has 2 N–H and O–H groups in total. The van der Waals surface area contributed by atoms with Crippen LogP contribution in [-0.2, 0) is 42.2 Å². The molecule has 0 rings (SSSR count). The van der Waals surface area contributed by atoms with Crippen LogP contribution >= 0.6 is 7.82 Å². The van der Waals surface area contributed by atoms with E-state index in [9.17, 15) is 28.9 Å². The van der Waals surface area contributed by atoms with Gasteiger partial charge in [-0.1, -0.05) is 231 Å². The molecule has 0 aromatic rings. The fraction of sp³-hybridized carbons (Fsp3) is 0.850. The number of carbonyl (C=O) groups excluding carboxylic acids is 3. The van der Waals surface area contributed by atoms with E-state index in [1.807, 2.05) is 0 Å². The Bertz CT molecular complexity index is 1350. The molecule has 0 aliphatic carbocycles. The third-order valence-electron chi connectivity index (χ3n) is 13.0. The first-order valence-corrected chi connectivity index (χ1v) is 31.4. The molecule has 0 saturated heterocycles. The number of esters is 3. The topological polar surface area (TPSA) is 155 Å². The summed E-state index contributed by atoms with van der Waals surface area (Å²) in [7, 11) is -4.75. The van der Waals surface area contributed by atoms with Crippen LogP contribution in [-0.4, -0.2) is 66.5 Å². The number of aliphatic hydroxyl groups is 1. The van der Waals surface area contributed by atoms with Gasteiger partial charge in [-0.3, -0.25) is 23.4 Å². The van der Waals surface area contributed by atoms with Gasteiger partial charge in [0.25, 0.3) is 0 Å². The van der Waals surface area contributed by atoms with E-state index in [2.05, 4.69) is 57.2 Å². The van der Waals surface area contributed by atoms with Crippen LogP contribution in [0, 0.1) is 0 Å². The van der Waals surface area contributed by atoms with E-state index in [1.54, 1.807) is 0 Å². The Balaban J connectivity index is 4.69. The Morgan fingerprint density at radius 3 is 1.07 bits per heavy atom. The number of carbonyl (C=O) groups is 3. The molecule has 3 unspecified atom stereocenters. The summed E-state index contributed by atoms with van der Waals surface area (Å²) >= 11 is 0. The number of allylic oxidation sites excluding steroid dienone is 6. The first-order chi connectivity index (χ1) is 35.2. The lowest BCUT2D eigenvalue weighted by Gasteiger charge is -2.21. The van der Waals surface area contributed by atoms with Crippen molar-refractivity contribution >= 4 is 25.7 Å². The number of phosphoric ester groups is 1. The van der Waals surface area contributed by atoms with Crippen molar-refractivity contribution in [1.29, 1.82) is 0 Å². The van der Waals surface area contributed by atoms with Crippen LogP contribution in [0.5, 0.6) is 0 Å². The highest BCUT2D eigenvalue weighted by Gasteiger charge is 2.28. The summed E-state index contributed by atoms with van der Waals surface area (Å²) in [5, 5.41) is 9.82. The van der Waals surface area contributed by atoms with Gasteiger partial charge in [-0.15, -0.1) is 0 Å². The highest BCUT2D eigenvalue weighted by atomic mass is 31.2. The fourth-order valence-corrected chi connectivity index (χ4v) is 9.23. The summed E-state index contributed by atoms with van der Waals surface area (Å²) in [5.41, 5.74) is 0. The summed E-state index contributed by atoms with van der Waals surface area (Å²) in [6, 6.07) is 0. The zero-order valence-electron chi connectivity index (χ0n) is 46.7. The maximum absolute atomic E-state index is 12.9. The van der Waals surface area contributed by atoms with Gasteiger partial charge < -0.3 is 24.2 Å². The number of phosphoric acid groups is 1. The molecule has 0 aromatic carbocycles. The monoisotopic (exact) mass is 1040 g/mol. The van der Waals surface area contributed by atoms with Crippen molar-refractivity contribution < 1.29 is 52.2 Å². The van der Waals surface area contributed by atoms with E-state index in [0.717, 1.165) is 96.3 Å². The minimum Gasteiger partial charge on any atom is -0.462 e. The first kappa shape index (κ1) is 69.7. The summed E-state index contributed by atoms with van der Waals surface area (Å²) < 4.78 is 39.6. The van der Waals surface area contributed by atoms with Gasteiger partial charge in [0.2, 0.25) is 0 Å². The van der Waals surface area contributed by atoms with Crippen molar-refractivity contribution in [3.05, 3.63) is 36.5 Å². The number of hydrogen-bond donors (Lipinski definition) is 2. The molecule has 0 bridgehead atoms. The van der Waals surface area contributed by atoms with Gasteiger partial charge in [0.05, 0.1) is 19.8 Å². The van der Waals surface area contributed by atoms with Crippen LogP contribution in [0.15, 0.2) is 36.5 Å². The quantitative estimate of drug-likeness (QED) is 0.0197. The average Bonchev–Trinajstić information content (AvgIpc) is 3.37. The van der Waals surface area contributed by atoms with Gasteiger partial charge >= 0.3 is 25.7 Å². The first-order valence-electron chi connectivity index (χ1n) is 29.9. The lowest BCUT2D eigenvalue weighted by atomic mass is 10.0. The molecule has 0 aliphatic rings. The highest BCUT2D eigenvalue weighted by Crippen LogP contribution is 2.43. The van der Waals surface area contributed by atoms with Crippen LogP contribution in [0.4, 0.5) is 0 Å². The number of hydrogen-bond acceptors (Lipinski definition) is 10. The highest BCUT2D eigenvalue weighted by molar-refractivity contribution is 7.47. The zero-order chi connectivity index (χ0) is 52.7. The number of unbranched alkanes of at least 4 members (excludes halogenated alkanes) is 33. The van der Waals surface area contributed by atoms with E-state index in [0.29, 0.717) is 19.3 Å². The second-order valence-electron chi connectivity index (χ2n) is 20.2. The largest absolute Gasteiger partial charge is 0.472 e. The van der Waals surface area contributed by atoms with E-state index in [4.69, 9.17) is 23.3 Å². The summed E-state index contributed by atoms with van der Waals surface area (Å²) in [6.07, 6.45) is 56.6. The molecule has 72 heavy (non-hydrogen) atoms. The van der Waals surface area contributed by atoms with Crippen molar-refractivity contribution in [2.75, 3.05) is 26.4 Å². The van der Waals surface area contributed by atoms with Gasteiger partial charge in [-0.25, -0.2) is 4.57 Å². The fourth-order valence-electron chi connectivity index (χ4n) is 8.44. The molecule has 422 valence electrons. The van der Waals surface area contributed by atoms with Crippen molar-refractivity contribution in [3.8, 4) is 0 Å². The summed E-state index contributed by atoms with van der Waals surface area (Å²) in [5.74, 6) is -1.46. The van der Waals surface area contributed by atoms with Gasteiger partial charge in [0.15, 0.2) is 6.10 Å². The number of aliphatic hydroxyl groups excluding tert-OH is 1. The third-order valence-corrected chi connectivity index (χ3v) is 14.0. The Kier molecular flexibility index (Phi) is 53.2. The second kappa shape index (κ2) is 54.9. The molecule has 0 heterocycles. The van der Waals surface area contributed by atoms with E-state index in [-0.39, 0.29) is 25.9 Å². The third kappa shape index (κ3) is 52.6. The van der Waals surface area contributed by atoms with Crippen LogP contribution in [0.25, 0.3) is 0 Å². The number of ether oxygens (including phenoxy) is 3. The molecular weight excluding hydrogens is 928 g/mol. The van der Waals surface area contributed by atoms with Crippen molar-refractivity contribution in [2.24, 2.45) is 0 Å². The maximum Gasteiger partial charge on any atom is 0.472 e. The molecule has 0 fully saturated rings. The Morgan fingerprint density at radius 1 is 0.389 bits per heavy atom. The van der Waals surface area contributed by atoms with Crippen molar-refractivity contribution in [1.82, 2.24) is 0 Å². The van der Waals surface area contributed by atoms with Crippen LogP contribution in [0.2, 0.25) is 0 Å². The molecule has 12 heteroatoms. The van der Waals surface area contributed by atoms with E-state index >= 15 is 0 Å². The van der Waals surface area contributed by atoms with Crippen molar-refractivity contribution in [2.45, 2.75) is 303 Å². The smallest absolute Gasteiger partial charge is 0.462 e. The van der Waals surface area contributed by atoms with Gasteiger partial charge in [0.1, 0.15) is 12.7 Å². The molecule has 0 saturated carbocycles. The second-order valence-corrected chi connectivity index (χ2v) is 21.6. The lowest BCUT2D eigenvalue weighted by Crippen LogP contribution is -2.30. The molecule has 11 nitrogen and oxygen atoms in total. The summed E-state index contributed by atoms with van der Waals surface area (Å²) in [6.45, 7) is 4.64. The molecular formula is C60H111O11P. The average molecular weight is 1040 g/mol. The van der Waals surface area contributed by atoms with E-state index < -0.39 is 57.8 Å². The molecule has 0 aromatic heterocycles. The standard InChI is InChI=1S/C60H111O11P/c1-4-7-10-13-16-19-22-25-27-28-30-33-36-39-42-45-48-51-60(64)71-57(53-67-58(62)49-46-43-40-37-34-31-24-21-18-15-12-9-6-3)55-69-72(65,66)68-54-56(52-61)70-59(63)50-47-44-41-38-35-32-29-26-23-20-17-14-11-8-5-2/h16,19,25-27,29,56-57,61H,4-15,17-18,20-24,28,30-55H2,1-3H3,(H,65,66)/b19-16-,27-25-,29-26-. The maximum atomic E-state index is 12.9. The van der Waals surface area contributed by atoms with E-state index in [1.165, 1.54) is 135 Å². The van der Waals surface area contributed by atoms with Crippen molar-refractivity contribution in [3.63, 3.8) is 0 Å². The Hall–Kier alpha value is -2.30. The predicted octanol–water partition coefficient (Wildman–Crippen LogP) is 17.6. The minimum atomic E-state index is -4.75. The molecule has 0 spiro atoms. The Morgan fingerprint density at radius 2 is 0.681 bits per heavy atom. The van der Waals surface area contributed by atoms with Gasteiger partial charge in [0, 0.05) is 19.3 Å². The molecule has 0 radical (unpaired) electrons. The van der Waals surface area contributed by atoms with Crippen LogP contribution in [0.1, 0.15) is 290 Å². The predicted molar refractivity (Wildman–Crippen MR) is 298 cm³/mol. The van der Waals surface area contributed by atoms with Gasteiger partial charge in [-0.2, -0.15) is 0 Å². The van der Waals surface area contributed by atoms with Crippen LogP contribution in [0.3, 0.4) is 0 Å². The molecule has 0 amide bonds. The van der Waals surface area contributed by atoms with Crippen LogP contribution < -0.4 is 0 Å². The number of rotatable bonds is 56. The molecule has 0 aliphatic heterocycles. The lowest BCUT2D eigenvalue weighted by molar-refractivity contribution is -0.161. The summed E-state index contributed by atoms with van der Waals surface area (Å²) in [4.78, 5) is 48.6.